The van der Waals surface area contributed by atoms with E-state index in [2.05, 4.69) is 26.2 Å². The molecule has 2 aromatic rings. The number of carbonyl (C=O) groups excluding carboxylic acids is 1. The molecule has 0 aliphatic rings. The van der Waals surface area contributed by atoms with Gasteiger partial charge in [-0.05, 0) is 24.1 Å². The molecule has 0 saturated carbocycles. The van der Waals surface area contributed by atoms with E-state index in [0.29, 0.717) is 17.6 Å². The van der Waals surface area contributed by atoms with Crippen molar-refractivity contribution in [2.75, 3.05) is 25.1 Å². The molecule has 7 heteroatoms. The van der Waals surface area contributed by atoms with E-state index >= 15 is 0 Å². The lowest BCUT2D eigenvalue weighted by Gasteiger charge is -2.11. The third kappa shape index (κ3) is 3.72. The highest BCUT2D eigenvalue weighted by Gasteiger charge is 2.18. The largest absolute Gasteiger partial charge is 0.449 e. The topological polar surface area (TPSA) is 56.1 Å². The third-order valence-corrected chi connectivity index (χ3v) is 3.21. The molecule has 0 aliphatic carbocycles. The van der Waals surface area contributed by atoms with Crippen LogP contribution in [0, 0.1) is 5.92 Å². The summed E-state index contributed by atoms with van der Waals surface area (Å²) in [7, 11) is 0. The first-order valence-corrected chi connectivity index (χ1v) is 7.47. The Labute approximate surface area is 130 Å². The lowest BCUT2D eigenvalue weighted by Crippen LogP contribution is -2.19. The number of nitrogens with one attached hydrogen (secondary N) is 1. The third-order valence-electron chi connectivity index (χ3n) is 2.72. The van der Waals surface area contributed by atoms with Crippen molar-refractivity contribution in [3.63, 3.8) is 0 Å². The normalized spacial score (nSPS) is 11.1. The van der Waals surface area contributed by atoms with Crippen LogP contribution >= 0.6 is 15.9 Å². The molecule has 0 bridgehead atoms. The maximum Gasteiger partial charge on any atom is 0.421 e. The van der Waals surface area contributed by atoms with Crippen molar-refractivity contribution in [1.29, 1.82) is 0 Å². The summed E-state index contributed by atoms with van der Waals surface area (Å²) in [5, 5.41) is 2.80. The van der Waals surface area contributed by atoms with Crippen molar-refractivity contribution in [2.24, 2.45) is 5.92 Å². The van der Waals surface area contributed by atoms with Gasteiger partial charge in [0.05, 0.1) is 17.6 Å². The van der Waals surface area contributed by atoms with Crippen molar-refractivity contribution in [3.8, 4) is 0 Å². The van der Waals surface area contributed by atoms with Crippen molar-refractivity contribution in [3.05, 3.63) is 22.7 Å². The summed E-state index contributed by atoms with van der Waals surface area (Å²) >= 11 is 3.36. The molecular weight excluding hydrogens is 341 g/mol. The molecule has 0 amide bonds. The highest BCUT2D eigenvalue weighted by Crippen LogP contribution is 2.23. The first kappa shape index (κ1) is 15.8. The van der Waals surface area contributed by atoms with Gasteiger partial charge in [0.2, 0.25) is 5.95 Å². The smallest absolute Gasteiger partial charge is 0.421 e. The Bertz CT molecular complexity index is 642. The molecule has 0 radical (unpaired) electrons. The van der Waals surface area contributed by atoms with E-state index < -0.39 is 12.8 Å². The number of fused-ring (bicyclic) bond motifs is 1. The molecule has 5 nitrogen and oxygen atoms in total. The Kier molecular flexibility index (Phi) is 5.17. The maximum absolute atomic E-state index is 12.4. The summed E-state index contributed by atoms with van der Waals surface area (Å²) < 4.78 is 19.8. The molecular formula is C14H17BrFN3O2. The van der Waals surface area contributed by atoms with Crippen LogP contribution in [0.4, 0.5) is 15.1 Å². The van der Waals surface area contributed by atoms with Gasteiger partial charge in [-0.1, -0.05) is 29.8 Å². The zero-order valence-electron chi connectivity index (χ0n) is 11.9. The Hall–Kier alpha value is -1.63. The number of hydrogen-bond donors (Lipinski definition) is 1. The number of nitrogens with zero attached hydrogens (tertiary/aromatic N) is 2. The van der Waals surface area contributed by atoms with E-state index in [1.807, 2.05) is 19.9 Å². The Morgan fingerprint density at radius 3 is 2.95 bits per heavy atom. The molecule has 1 N–H and O–H groups in total. The monoisotopic (exact) mass is 357 g/mol. The fourth-order valence-electron chi connectivity index (χ4n) is 1.82. The average molecular weight is 358 g/mol. The van der Waals surface area contributed by atoms with Gasteiger partial charge in [-0.2, -0.15) is 0 Å². The molecule has 114 valence electrons. The number of benzene rings is 1. The second-order valence-electron chi connectivity index (χ2n) is 4.99. The maximum atomic E-state index is 12.4. The number of rotatable bonds is 5. The molecule has 21 heavy (non-hydrogen) atoms. The van der Waals surface area contributed by atoms with Crippen LogP contribution in [0.3, 0.4) is 0 Å². The second-order valence-corrected chi connectivity index (χ2v) is 5.91. The summed E-state index contributed by atoms with van der Waals surface area (Å²) in [4.78, 5) is 16.6. The summed E-state index contributed by atoms with van der Waals surface area (Å²) in [6.07, 6.45) is -0.519. The Balaban J connectivity index is 2.39. The van der Waals surface area contributed by atoms with Gasteiger partial charge in [0.25, 0.3) is 0 Å². The molecule has 0 spiro atoms. The highest BCUT2D eigenvalue weighted by molar-refractivity contribution is 9.10. The fourth-order valence-corrected chi connectivity index (χ4v) is 2.17. The molecule has 1 aromatic heterocycles. The lowest BCUT2D eigenvalue weighted by atomic mass is 10.2. The number of alkyl halides is 1. The fraction of sp³-hybridized carbons (Fsp3) is 0.429. The predicted molar refractivity (Wildman–Crippen MR) is 83.5 cm³/mol. The van der Waals surface area contributed by atoms with Crippen LogP contribution in [0.5, 0.6) is 0 Å². The van der Waals surface area contributed by atoms with Crippen LogP contribution < -0.4 is 5.32 Å². The van der Waals surface area contributed by atoms with Gasteiger partial charge in [-0.25, -0.2) is 18.7 Å². The van der Waals surface area contributed by atoms with Crippen LogP contribution in [-0.2, 0) is 4.74 Å². The van der Waals surface area contributed by atoms with Crippen LogP contribution in [0.25, 0.3) is 11.0 Å². The number of halogens is 2. The first-order chi connectivity index (χ1) is 10.0. The summed E-state index contributed by atoms with van der Waals surface area (Å²) in [6.45, 7) is 3.77. The van der Waals surface area contributed by atoms with Crippen LogP contribution in [0.2, 0.25) is 0 Å². The van der Waals surface area contributed by atoms with Crippen molar-refractivity contribution >= 4 is 39.0 Å². The van der Waals surface area contributed by atoms with Gasteiger partial charge in [0, 0.05) is 11.0 Å². The number of hydrogen-bond acceptors (Lipinski definition) is 4. The van der Waals surface area contributed by atoms with E-state index in [0.717, 1.165) is 4.47 Å². The van der Waals surface area contributed by atoms with Crippen molar-refractivity contribution in [2.45, 2.75) is 13.8 Å². The quantitative estimate of drug-likeness (QED) is 0.883. The minimum Gasteiger partial charge on any atom is -0.449 e. The minimum atomic E-state index is -0.548. The minimum absolute atomic E-state index is 0.0853. The second kappa shape index (κ2) is 6.89. The Morgan fingerprint density at radius 1 is 1.52 bits per heavy atom. The summed E-state index contributed by atoms with van der Waals surface area (Å²) in [6, 6.07) is 5.38. The number of aromatic nitrogens is 2. The SMILES string of the molecule is CC(C)COC(=O)n1c(NCCF)nc2cc(Br)ccc21. The van der Waals surface area contributed by atoms with Gasteiger partial charge in [-0.15, -0.1) is 0 Å². The molecule has 0 atom stereocenters. The van der Waals surface area contributed by atoms with Crippen LogP contribution in [0.1, 0.15) is 13.8 Å². The van der Waals surface area contributed by atoms with E-state index in [-0.39, 0.29) is 18.4 Å². The van der Waals surface area contributed by atoms with E-state index in [1.165, 1.54) is 4.57 Å². The number of imidazole rings is 1. The number of carbonyl (C=O) groups is 1. The Morgan fingerprint density at radius 2 is 2.29 bits per heavy atom. The van der Waals surface area contributed by atoms with Gasteiger partial charge in [-0.3, -0.25) is 0 Å². The molecule has 0 aliphatic heterocycles. The molecule has 1 heterocycles. The van der Waals surface area contributed by atoms with E-state index in [4.69, 9.17) is 4.74 Å². The van der Waals surface area contributed by atoms with Gasteiger partial charge in [0.1, 0.15) is 6.67 Å². The molecule has 2 rings (SSSR count). The van der Waals surface area contributed by atoms with E-state index in [9.17, 15) is 9.18 Å². The number of anilines is 1. The highest BCUT2D eigenvalue weighted by atomic mass is 79.9. The van der Waals surface area contributed by atoms with E-state index in [1.54, 1.807) is 12.1 Å². The van der Waals surface area contributed by atoms with Crippen molar-refractivity contribution < 1.29 is 13.9 Å². The summed E-state index contributed by atoms with van der Waals surface area (Å²) in [5.41, 5.74) is 1.25. The average Bonchev–Trinajstić information content (AvgIpc) is 2.79. The van der Waals surface area contributed by atoms with Gasteiger partial charge < -0.3 is 10.1 Å². The van der Waals surface area contributed by atoms with Gasteiger partial charge in [0.15, 0.2) is 0 Å². The van der Waals surface area contributed by atoms with Gasteiger partial charge >= 0.3 is 6.09 Å². The first-order valence-electron chi connectivity index (χ1n) is 6.68. The zero-order chi connectivity index (χ0) is 15.4. The molecule has 0 unspecified atom stereocenters. The van der Waals surface area contributed by atoms with Crippen LogP contribution in [-0.4, -0.2) is 35.5 Å². The predicted octanol–water partition coefficient (Wildman–Crippen LogP) is 3.82. The zero-order valence-corrected chi connectivity index (χ0v) is 13.5. The molecule has 0 saturated heterocycles. The molecule has 1 aromatic carbocycles. The standard InChI is InChI=1S/C14H17BrFN3O2/c1-9(2)8-21-14(20)19-12-4-3-10(15)7-11(12)18-13(19)17-6-5-16/h3-4,7,9H,5-6,8H2,1-2H3,(H,17,18). The summed E-state index contributed by atoms with van der Waals surface area (Å²) in [5.74, 6) is 0.523. The molecule has 0 fully saturated rings. The van der Waals surface area contributed by atoms with Crippen molar-refractivity contribution in [1.82, 2.24) is 9.55 Å². The van der Waals surface area contributed by atoms with Crippen LogP contribution in [0.15, 0.2) is 22.7 Å². The number of ether oxygens (including phenoxy) is 1. The lowest BCUT2D eigenvalue weighted by molar-refractivity contribution is 0.136.